The number of imidazole rings is 1. The van der Waals surface area contributed by atoms with Crippen LogP contribution in [0.5, 0.6) is 5.75 Å². The number of hydrogen-bond acceptors (Lipinski definition) is 4. The quantitative estimate of drug-likeness (QED) is 0.451. The van der Waals surface area contributed by atoms with E-state index in [0.29, 0.717) is 6.61 Å². The van der Waals surface area contributed by atoms with Crippen LogP contribution in [0.4, 0.5) is 5.69 Å². The molecule has 0 bridgehead atoms. The van der Waals surface area contributed by atoms with Gasteiger partial charge in [-0.25, -0.2) is 4.98 Å². The second-order valence-corrected chi connectivity index (χ2v) is 7.79. The fourth-order valence-electron chi connectivity index (χ4n) is 3.76. The molecule has 4 nitrogen and oxygen atoms in total. The number of aromatic nitrogens is 2. The van der Waals surface area contributed by atoms with Crippen molar-refractivity contribution in [1.29, 1.82) is 0 Å². The summed E-state index contributed by atoms with van der Waals surface area (Å²) in [6.45, 7) is 3.46. The topological polar surface area (TPSA) is 39.1 Å². The zero-order valence-electron chi connectivity index (χ0n) is 16.4. The van der Waals surface area contributed by atoms with E-state index in [2.05, 4.69) is 78.0 Å². The molecule has 5 heteroatoms. The summed E-state index contributed by atoms with van der Waals surface area (Å²) in [6, 6.07) is 20.9. The number of fused-ring (bicyclic) bond motifs is 2. The highest BCUT2D eigenvalue weighted by atomic mass is 32.2. The van der Waals surface area contributed by atoms with E-state index in [1.54, 1.807) is 11.8 Å². The average molecular weight is 400 g/mol. The molecule has 0 saturated heterocycles. The van der Waals surface area contributed by atoms with Crippen molar-refractivity contribution in [2.45, 2.75) is 18.6 Å². The Hall–Kier alpha value is -2.92. The highest BCUT2D eigenvalue weighted by Gasteiger charge is 2.15. The number of rotatable bonds is 5. The molecule has 2 heterocycles. The van der Waals surface area contributed by atoms with Crippen LogP contribution in [-0.2, 0) is 6.54 Å². The van der Waals surface area contributed by atoms with E-state index in [9.17, 15) is 0 Å². The highest BCUT2D eigenvalue weighted by Crippen LogP contribution is 2.31. The molecule has 144 valence electrons. The van der Waals surface area contributed by atoms with Crippen LogP contribution in [0.2, 0.25) is 0 Å². The van der Waals surface area contributed by atoms with Crippen molar-refractivity contribution in [2.24, 2.45) is 0 Å². The molecule has 2 radical (unpaired) electrons. The second-order valence-electron chi connectivity index (χ2n) is 7.01. The molecule has 0 amide bonds. The molecule has 0 spiro atoms. The number of nitrogens with one attached hydrogen (secondary N) is 1. The summed E-state index contributed by atoms with van der Waals surface area (Å²) in [5, 5.41) is 4.53. The summed E-state index contributed by atoms with van der Waals surface area (Å²) in [5.41, 5.74) is 7.92. The van der Waals surface area contributed by atoms with Crippen LogP contribution in [-0.4, -0.2) is 22.4 Å². The minimum Gasteiger partial charge on any atom is -0.492 e. The molecular formula is C24H21N3OS. The minimum absolute atomic E-state index is 0.538. The van der Waals surface area contributed by atoms with E-state index in [4.69, 9.17) is 9.72 Å². The number of anilines is 1. The van der Waals surface area contributed by atoms with E-state index in [0.717, 1.165) is 39.7 Å². The summed E-state index contributed by atoms with van der Waals surface area (Å²) < 4.78 is 7.84. The van der Waals surface area contributed by atoms with Crippen LogP contribution in [0.1, 0.15) is 16.7 Å². The Kier molecular flexibility index (Phi) is 4.68. The third-order valence-corrected chi connectivity index (χ3v) is 5.96. The first-order valence-electron chi connectivity index (χ1n) is 9.59. The zero-order chi connectivity index (χ0) is 19.8. The van der Waals surface area contributed by atoms with Crippen LogP contribution in [0, 0.1) is 13.3 Å². The third kappa shape index (κ3) is 3.25. The molecule has 0 saturated carbocycles. The third-order valence-electron chi connectivity index (χ3n) is 5.33. The summed E-state index contributed by atoms with van der Waals surface area (Å²) >= 11 is 1.67. The van der Waals surface area contributed by atoms with Gasteiger partial charge in [-0.3, -0.25) is 4.57 Å². The average Bonchev–Trinajstić information content (AvgIpc) is 3.36. The van der Waals surface area contributed by atoms with Crippen molar-refractivity contribution in [2.75, 3.05) is 18.2 Å². The first kappa shape index (κ1) is 18.1. The summed E-state index contributed by atoms with van der Waals surface area (Å²) in [4.78, 5) is 4.80. The van der Waals surface area contributed by atoms with Gasteiger partial charge in [0.05, 0.1) is 23.1 Å². The lowest BCUT2D eigenvalue weighted by molar-refractivity contribution is 0.377. The number of benzene rings is 3. The lowest BCUT2D eigenvalue weighted by atomic mass is 10.1. The number of nitrogens with zero attached hydrogens (tertiary/aromatic N) is 2. The number of ether oxygens (including phenoxy) is 1. The summed E-state index contributed by atoms with van der Waals surface area (Å²) in [5.74, 6) is 0.898. The van der Waals surface area contributed by atoms with E-state index < -0.39 is 0 Å². The van der Waals surface area contributed by atoms with Gasteiger partial charge in [0.15, 0.2) is 5.16 Å². The Morgan fingerprint density at radius 3 is 2.93 bits per heavy atom. The molecule has 1 aromatic heterocycles. The Balaban J connectivity index is 1.48. The van der Waals surface area contributed by atoms with Crippen LogP contribution in [0.15, 0.2) is 65.8 Å². The molecule has 5 rings (SSSR count). The molecule has 0 unspecified atom stereocenters. The van der Waals surface area contributed by atoms with Crippen LogP contribution < -0.4 is 10.1 Å². The van der Waals surface area contributed by atoms with Crippen LogP contribution in [0.25, 0.3) is 16.7 Å². The van der Waals surface area contributed by atoms with Gasteiger partial charge in [0, 0.05) is 23.9 Å². The molecule has 0 fully saturated rings. The van der Waals surface area contributed by atoms with E-state index in [1.165, 1.54) is 16.8 Å². The molecule has 0 aliphatic carbocycles. The van der Waals surface area contributed by atoms with Gasteiger partial charge in [0.2, 0.25) is 0 Å². The van der Waals surface area contributed by atoms with Crippen LogP contribution >= 0.6 is 11.8 Å². The number of para-hydroxylation sites is 2. The maximum Gasteiger partial charge on any atom is 0.173 e. The first-order valence-corrected chi connectivity index (χ1v) is 10.8. The van der Waals surface area contributed by atoms with Gasteiger partial charge in [-0.1, -0.05) is 42.1 Å². The lowest BCUT2D eigenvalue weighted by Crippen LogP contribution is -2.05. The van der Waals surface area contributed by atoms with Crippen LogP contribution in [0.3, 0.4) is 0 Å². The molecule has 0 atom stereocenters. The van der Waals surface area contributed by atoms with Crippen molar-refractivity contribution in [3.05, 3.63) is 83.8 Å². The molecule has 1 aliphatic rings. The van der Waals surface area contributed by atoms with Gasteiger partial charge in [-0.15, -0.1) is 0 Å². The van der Waals surface area contributed by atoms with Gasteiger partial charge in [0.1, 0.15) is 12.4 Å². The number of hydrogen-bond donors (Lipinski definition) is 1. The summed E-state index contributed by atoms with van der Waals surface area (Å²) in [7, 11) is 0. The van der Waals surface area contributed by atoms with E-state index in [-0.39, 0.29) is 0 Å². The molecule has 1 N–H and O–H groups in total. The van der Waals surface area contributed by atoms with Crippen molar-refractivity contribution >= 4 is 28.5 Å². The SMILES string of the molecule is CSc1nc2ccccc2n1-c1cccc(CNc2ccc3c(c2)OC[C]3)c1C. The highest BCUT2D eigenvalue weighted by molar-refractivity contribution is 7.98. The van der Waals surface area contributed by atoms with E-state index in [1.807, 2.05) is 12.1 Å². The molecule has 3 aromatic carbocycles. The van der Waals surface area contributed by atoms with Gasteiger partial charge in [0.25, 0.3) is 0 Å². The maximum atomic E-state index is 5.59. The predicted octanol–water partition coefficient (Wildman–Crippen LogP) is 5.49. The monoisotopic (exact) mass is 399 g/mol. The largest absolute Gasteiger partial charge is 0.492 e. The first-order chi connectivity index (χ1) is 14.2. The molecular weight excluding hydrogens is 378 g/mol. The molecule has 4 aromatic rings. The maximum absolute atomic E-state index is 5.59. The standard InChI is InChI=1S/C24H21N3OS/c1-16-18(15-25-19-11-10-17-12-13-28-23(17)14-19)6-5-9-21(16)27-22-8-4-3-7-20(22)26-24(27)29-2/h3-11,14,25H,13,15H2,1-2H3. The Morgan fingerprint density at radius 2 is 2.03 bits per heavy atom. The van der Waals surface area contributed by atoms with Gasteiger partial charge in [-0.05, 0) is 48.6 Å². The smallest absolute Gasteiger partial charge is 0.173 e. The van der Waals surface area contributed by atoms with Crippen molar-refractivity contribution < 1.29 is 4.74 Å². The zero-order valence-corrected chi connectivity index (χ0v) is 17.2. The fourth-order valence-corrected chi connectivity index (χ4v) is 4.33. The Morgan fingerprint density at radius 1 is 1.14 bits per heavy atom. The second kappa shape index (κ2) is 7.48. The van der Waals surface area contributed by atoms with Crippen molar-refractivity contribution in [3.63, 3.8) is 0 Å². The lowest BCUT2D eigenvalue weighted by Gasteiger charge is -2.16. The Bertz CT molecular complexity index is 1200. The van der Waals surface area contributed by atoms with Gasteiger partial charge >= 0.3 is 0 Å². The predicted molar refractivity (Wildman–Crippen MR) is 119 cm³/mol. The van der Waals surface area contributed by atoms with Crippen molar-refractivity contribution in [1.82, 2.24) is 9.55 Å². The fraction of sp³-hybridized carbons (Fsp3) is 0.167. The van der Waals surface area contributed by atoms with Gasteiger partial charge in [-0.2, -0.15) is 0 Å². The normalized spacial score (nSPS) is 12.8. The molecule has 29 heavy (non-hydrogen) atoms. The summed E-state index contributed by atoms with van der Waals surface area (Å²) in [6.07, 6.45) is 5.27. The molecule has 1 aliphatic heterocycles. The number of thioether (sulfide) groups is 1. The minimum atomic E-state index is 0.538. The van der Waals surface area contributed by atoms with Crippen molar-refractivity contribution in [3.8, 4) is 11.4 Å². The van der Waals surface area contributed by atoms with Gasteiger partial charge < -0.3 is 10.1 Å². The Labute approximate surface area is 174 Å². The van der Waals surface area contributed by atoms with E-state index >= 15 is 0 Å².